The smallest absolute Gasteiger partial charge is 0.335 e. The van der Waals surface area contributed by atoms with E-state index in [2.05, 4.69) is 10.6 Å². The monoisotopic (exact) mass is 296 g/mol. The first-order valence-electron chi connectivity index (χ1n) is 6.38. The minimum absolute atomic E-state index is 0.116. The molecule has 0 bridgehead atoms. The molecule has 0 aliphatic rings. The Morgan fingerprint density at radius 1 is 1.33 bits per heavy atom. The van der Waals surface area contributed by atoms with Gasteiger partial charge < -0.3 is 25.2 Å². The number of hydrogen-bond acceptors (Lipinski definition) is 4. The number of rotatable bonds is 7. The first-order valence-corrected chi connectivity index (χ1v) is 6.38. The summed E-state index contributed by atoms with van der Waals surface area (Å²) < 4.78 is 10.1. The van der Waals surface area contributed by atoms with Gasteiger partial charge in [-0.05, 0) is 24.6 Å². The summed E-state index contributed by atoms with van der Waals surface area (Å²) in [6.07, 6.45) is -0.243. The minimum Gasteiger partial charge on any atom is -0.478 e. The number of ether oxygens (including phenoxy) is 2. The number of carboxylic acid groups (broad SMARTS) is 1. The third-order valence-corrected chi connectivity index (χ3v) is 2.91. The number of urea groups is 1. The van der Waals surface area contributed by atoms with E-state index in [0.29, 0.717) is 12.3 Å². The molecule has 1 aromatic carbocycles. The second-order valence-electron chi connectivity index (χ2n) is 4.48. The number of nitrogens with one attached hydrogen (secondary N) is 2. The Balaban J connectivity index is 2.62. The molecular weight excluding hydrogens is 276 g/mol. The van der Waals surface area contributed by atoms with Crippen molar-refractivity contribution in [3.63, 3.8) is 0 Å². The van der Waals surface area contributed by atoms with Gasteiger partial charge in [-0.25, -0.2) is 9.59 Å². The second-order valence-corrected chi connectivity index (χ2v) is 4.48. The molecule has 1 rings (SSSR count). The Kier molecular flexibility index (Phi) is 6.64. The molecule has 3 N–H and O–H groups in total. The average Bonchev–Trinajstić information content (AvgIpc) is 2.45. The Bertz CT molecular complexity index is 504. The summed E-state index contributed by atoms with van der Waals surface area (Å²) in [6.45, 7) is 2.43. The van der Waals surface area contributed by atoms with E-state index >= 15 is 0 Å². The zero-order valence-corrected chi connectivity index (χ0v) is 12.3. The average molecular weight is 296 g/mol. The number of carbonyl (C=O) groups is 2. The highest BCUT2D eigenvalue weighted by molar-refractivity contribution is 5.93. The quantitative estimate of drug-likeness (QED) is 0.708. The van der Waals surface area contributed by atoms with Crippen LogP contribution in [0.2, 0.25) is 0 Å². The largest absolute Gasteiger partial charge is 0.478 e. The lowest BCUT2D eigenvalue weighted by Gasteiger charge is -2.16. The van der Waals surface area contributed by atoms with E-state index in [9.17, 15) is 9.59 Å². The van der Waals surface area contributed by atoms with Crippen molar-refractivity contribution >= 4 is 17.7 Å². The van der Waals surface area contributed by atoms with Crippen molar-refractivity contribution in [3.05, 3.63) is 29.3 Å². The van der Waals surface area contributed by atoms with E-state index in [1.807, 2.05) is 0 Å². The molecule has 0 aliphatic heterocycles. The second kappa shape index (κ2) is 8.23. The predicted octanol–water partition coefficient (Wildman–Crippen LogP) is 1.48. The number of hydrogen-bond donors (Lipinski definition) is 3. The number of anilines is 1. The van der Waals surface area contributed by atoms with E-state index in [0.717, 1.165) is 5.56 Å². The Morgan fingerprint density at radius 2 is 2.05 bits per heavy atom. The molecule has 1 unspecified atom stereocenters. The van der Waals surface area contributed by atoms with Crippen LogP contribution in [0.3, 0.4) is 0 Å². The third kappa shape index (κ3) is 5.41. The summed E-state index contributed by atoms with van der Waals surface area (Å²) in [4.78, 5) is 22.7. The van der Waals surface area contributed by atoms with Gasteiger partial charge in [0.1, 0.15) is 0 Å². The fourth-order valence-corrected chi connectivity index (χ4v) is 1.66. The molecular formula is C14H20N2O5. The molecule has 21 heavy (non-hydrogen) atoms. The van der Waals surface area contributed by atoms with Gasteiger partial charge in [0.15, 0.2) is 0 Å². The van der Waals surface area contributed by atoms with E-state index in [1.165, 1.54) is 19.2 Å². The molecule has 0 saturated carbocycles. The maximum absolute atomic E-state index is 11.8. The van der Waals surface area contributed by atoms with Crippen molar-refractivity contribution in [2.24, 2.45) is 0 Å². The van der Waals surface area contributed by atoms with Crippen LogP contribution in [0.1, 0.15) is 15.9 Å². The maximum atomic E-state index is 11.8. The number of carbonyl (C=O) groups excluding carboxylic acids is 1. The number of benzene rings is 1. The van der Waals surface area contributed by atoms with Crippen LogP contribution in [0.5, 0.6) is 0 Å². The van der Waals surface area contributed by atoms with Gasteiger partial charge in [0.05, 0.1) is 18.3 Å². The molecule has 0 heterocycles. The highest BCUT2D eigenvalue weighted by Gasteiger charge is 2.11. The van der Waals surface area contributed by atoms with Crippen LogP contribution >= 0.6 is 0 Å². The molecule has 7 heteroatoms. The molecule has 2 amide bonds. The van der Waals surface area contributed by atoms with Crippen molar-refractivity contribution in [3.8, 4) is 0 Å². The van der Waals surface area contributed by atoms with Crippen LogP contribution < -0.4 is 10.6 Å². The molecule has 0 fully saturated rings. The SMILES string of the molecule is COCC(CNC(=O)Nc1cc(C(=O)O)ccc1C)OC. The molecule has 7 nitrogen and oxygen atoms in total. The van der Waals surface area contributed by atoms with Crippen molar-refractivity contribution in [1.29, 1.82) is 0 Å². The maximum Gasteiger partial charge on any atom is 0.335 e. The molecule has 0 spiro atoms. The Labute approximate surface area is 123 Å². The molecule has 116 valence electrons. The molecule has 0 radical (unpaired) electrons. The van der Waals surface area contributed by atoms with E-state index in [-0.39, 0.29) is 18.2 Å². The van der Waals surface area contributed by atoms with Gasteiger partial charge in [-0.1, -0.05) is 6.07 Å². The van der Waals surface area contributed by atoms with E-state index < -0.39 is 12.0 Å². The number of methoxy groups -OCH3 is 2. The number of aryl methyl sites for hydroxylation is 1. The van der Waals surface area contributed by atoms with Gasteiger partial charge >= 0.3 is 12.0 Å². The number of carboxylic acids is 1. The summed E-state index contributed by atoms with van der Waals surface area (Å²) in [5, 5.41) is 14.2. The zero-order valence-electron chi connectivity index (χ0n) is 12.3. The van der Waals surface area contributed by atoms with Gasteiger partial charge in [-0.15, -0.1) is 0 Å². The van der Waals surface area contributed by atoms with Crippen molar-refractivity contribution in [2.45, 2.75) is 13.0 Å². The molecule has 0 aromatic heterocycles. The van der Waals surface area contributed by atoms with Gasteiger partial charge in [0, 0.05) is 26.5 Å². The first-order chi connectivity index (χ1) is 9.97. The van der Waals surface area contributed by atoms with Crippen LogP contribution in [0.25, 0.3) is 0 Å². The van der Waals surface area contributed by atoms with Crippen LogP contribution in [0, 0.1) is 6.92 Å². The Morgan fingerprint density at radius 3 is 2.62 bits per heavy atom. The standard InChI is InChI=1S/C14H20N2O5/c1-9-4-5-10(13(17)18)6-12(9)16-14(19)15-7-11(21-3)8-20-2/h4-6,11H,7-8H2,1-3H3,(H,17,18)(H2,15,16,19). The van der Waals surface area contributed by atoms with Crippen molar-refractivity contribution in [2.75, 3.05) is 32.7 Å². The third-order valence-electron chi connectivity index (χ3n) is 2.91. The van der Waals surface area contributed by atoms with E-state index in [4.69, 9.17) is 14.6 Å². The highest BCUT2D eigenvalue weighted by Crippen LogP contribution is 2.16. The molecule has 0 saturated heterocycles. The molecule has 1 aromatic rings. The van der Waals surface area contributed by atoms with Crippen LogP contribution in [-0.4, -0.2) is 50.6 Å². The Hall–Kier alpha value is -2.12. The lowest BCUT2D eigenvalue weighted by atomic mass is 10.1. The zero-order chi connectivity index (χ0) is 15.8. The lowest BCUT2D eigenvalue weighted by molar-refractivity contribution is 0.0307. The van der Waals surface area contributed by atoms with Gasteiger partial charge in [0.25, 0.3) is 0 Å². The van der Waals surface area contributed by atoms with Gasteiger partial charge in [-0.3, -0.25) is 0 Å². The summed E-state index contributed by atoms with van der Waals surface area (Å²) in [7, 11) is 3.08. The van der Waals surface area contributed by atoms with Crippen molar-refractivity contribution in [1.82, 2.24) is 5.32 Å². The van der Waals surface area contributed by atoms with Gasteiger partial charge in [0.2, 0.25) is 0 Å². The minimum atomic E-state index is -1.04. The fourth-order valence-electron chi connectivity index (χ4n) is 1.66. The number of aromatic carboxylic acids is 1. The van der Waals surface area contributed by atoms with Crippen LogP contribution in [-0.2, 0) is 9.47 Å². The van der Waals surface area contributed by atoms with E-state index in [1.54, 1.807) is 20.1 Å². The van der Waals surface area contributed by atoms with Crippen LogP contribution in [0.15, 0.2) is 18.2 Å². The van der Waals surface area contributed by atoms with Crippen molar-refractivity contribution < 1.29 is 24.2 Å². The summed E-state index contributed by atoms with van der Waals surface area (Å²) >= 11 is 0. The summed E-state index contributed by atoms with van der Waals surface area (Å²) in [5.41, 5.74) is 1.34. The first kappa shape index (κ1) is 16.9. The predicted molar refractivity (Wildman–Crippen MR) is 77.8 cm³/mol. The summed E-state index contributed by atoms with van der Waals surface area (Å²) in [6, 6.07) is 4.11. The summed E-state index contributed by atoms with van der Waals surface area (Å²) in [5.74, 6) is -1.04. The molecule has 0 aliphatic carbocycles. The number of amides is 2. The van der Waals surface area contributed by atoms with Gasteiger partial charge in [-0.2, -0.15) is 0 Å². The van der Waals surface area contributed by atoms with Crippen LogP contribution in [0.4, 0.5) is 10.5 Å². The fraction of sp³-hybridized carbons (Fsp3) is 0.429. The normalized spacial score (nSPS) is 11.8. The lowest BCUT2D eigenvalue weighted by Crippen LogP contribution is -2.38. The molecule has 1 atom stereocenters. The highest BCUT2D eigenvalue weighted by atomic mass is 16.5. The topological polar surface area (TPSA) is 96.9 Å².